The maximum absolute atomic E-state index is 9.85. The Labute approximate surface area is 105 Å². The summed E-state index contributed by atoms with van der Waals surface area (Å²) in [7, 11) is 0. The molecule has 0 aliphatic heterocycles. The van der Waals surface area contributed by atoms with E-state index in [0.29, 0.717) is 10.0 Å². The molecule has 84 valence electrons. The SMILES string of the molecule is Cl.NC1CCc2cc(Cl)cc(Cl)c2C1O. The van der Waals surface area contributed by atoms with Crippen molar-refractivity contribution in [3.63, 3.8) is 0 Å². The summed E-state index contributed by atoms with van der Waals surface area (Å²) >= 11 is 11.9. The van der Waals surface area contributed by atoms with E-state index >= 15 is 0 Å². The third-order valence-corrected chi connectivity index (χ3v) is 3.16. The van der Waals surface area contributed by atoms with Crippen molar-refractivity contribution in [2.24, 2.45) is 5.73 Å². The predicted octanol–water partition coefficient (Wildman–Crippen LogP) is 2.72. The quantitative estimate of drug-likeness (QED) is 0.760. The van der Waals surface area contributed by atoms with Gasteiger partial charge in [0.1, 0.15) is 0 Å². The zero-order valence-electron chi connectivity index (χ0n) is 7.91. The Balaban J connectivity index is 0.00000112. The van der Waals surface area contributed by atoms with Crippen LogP contribution in [0.1, 0.15) is 23.7 Å². The molecule has 0 aromatic heterocycles. The summed E-state index contributed by atoms with van der Waals surface area (Å²) < 4.78 is 0. The zero-order chi connectivity index (χ0) is 10.3. The normalized spacial score (nSPS) is 24.3. The molecule has 0 fully saturated rings. The Bertz CT molecular complexity index is 370. The summed E-state index contributed by atoms with van der Waals surface area (Å²) in [4.78, 5) is 0. The molecule has 2 nitrogen and oxygen atoms in total. The molecule has 0 amide bonds. The number of aryl methyl sites for hydroxylation is 1. The Morgan fingerprint density at radius 3 is 2.67 bits per heavy atom. The van der Waals surface area contributed by atoms with Gasteiger partial charge in [0, 0.05) is 21.7 Å². The summed E-state index contributed by atoms with van der Waals surface area (Å²) in [5.41, 5.74) is 7.51. The molecule has 0 spiro atoms. The van der Waals surface area contributed by atoms with Gasteiger partial charge in [0.15, 0.2) is 0 Å². The highest BCUT2D eigenvalue weighted by atomic mass is 35.5. The number of fused-ring (bicyclic) bond motifs is 1. The Morgan fingerprint density at radius 1 is 1.33 bits per heavy atom. The summed E-state index contributed by atoms with van der Waals surface area (Å²) in [6, 6.07) is 3.27. The van der Waals surface area contributed by atoms with Gasteiger partial charge >= 0.3 is 0 Å². The van der Waals surface area contributed by atoms with Crippen LogP contribution in [0, 0.1) is 0 Å². The molecular formula is C10H12Cl3NO. The number of aliphatic hydroxyl groups excluding tert-OH is 1. The van der Waals surface area contributed by atoms with Gasteiger partial charge in [-0.1, -0.05) is 23.2 Å². The average molecular weight is 269 g/mol. The molecule has 0 saturated carbocycles. The lowest BCUT2D eigenvalue weighted by Crippen LogP contribution is -2.33. The third kappa shape index (κ3) is 2.40. The molecule has 0 bridgehead atoms. The van der Waals surface area contributed by atoms with Crippen LogP contribution in [0.5, 0.6) is 0 Å². The van der Waals surface area contributed by atoms with E-state index in [0.717, 1.165) is 24.0 Å². The topological polar surface area (TPSA) is 46.2 Å². The molecule has 1 aliphatic rings. The monoisotopic (exact) mass is 267 g/mol. The Morgan fingerprint density at radius 2 is 2.00 bits per heavy atom. The maximum atomic E-state index is 9.85. The number of nitrogens with two attached hydrogens (primary N) is 1. The first kappa shape index (κ1) is 13.1. The lowest BCUT2D eigenvalue weighted by atomic mass is 9.86. The molecule has 15 heavy (non-hydrogen) atoms. The average Bonchev–Trinajstić information content (AvgIpc) is 2.10. The summed E-state index contributed by atoms with van der Waals surface area (Å²) in [5.74, 6) is 0. The minimum Gasteiger partial charge on any atom is -0.387 e. The Kier molecular flexibility index (Phi) is 4.27. The molecular weight excluding hydrogens is 256 g/mol. The van der Waals surface area contributed by atoms with E-state index in [1.807, 2.05) is 6.07 Å². The molecule has 1 aromatic carbocycles. The Hall–Kier alpha value is 0.01000. The fourth-order valence-electron chi connectivity index (χ4n) is 1.87. The van der Waals surface area contributed by atoms with Gasteiger partial charge < -0.3 is 10.8 Å². The van der Waals surface area contributed by atoms with Crippen molar-refractivity contribution in [3.8, 4) is 0 Å². The molecule has 2 unspecified atom stereocenters. The summed E-state index contributed by atoms with van der Waals surface area (Å²) in [5, 5.41) is 11.0. The highest BCUT2D eigenvalue weighted by Gasteiger charge is 2.27. The second-order valence-electron chi connectivity index (χ2n) is 3.61. The largest absolute Gasteiger partial charge is 0.387 e. The van der Waals surface area contributed by atoms with Gasteiger partial charge in [-0.25, -0.2) is 0 Å². The van der Waals surface area contributed by atoms with Crippen LogP contribution >= 0.6 is 35.6 Å². The van der Waals surface area contributed by atoms with E-state index in [2.05, 4.69) is 0 Å². The fourth-order valence-corrected chi connectivity index (χ4v) is 2.52. The van der Waals surface area contributed by atoms with Crippen LogP contribution in [0.15, 0.2) is 12.1 Å². The summed E-state index contributed by atoms with van der Waals surface area (Å²) in [6.45, 7) is 0. The molecule has 3 N–H and O–H groups in total. The minimum atomic E-state index is -0.663. The molecule has 0 heterocycles. The number of halogens is 3. The summed E-state index contributed by atoms with van der Waals surface area (Å²) in [6.07, 6.45) is 0.932. The molecule has 2 rings (SSSR count). The third-order valence-electron chi connectivity index (χ3n) is 2.63. The number of benzene rings is 1. The minimum absolute atomic E-state index is 0. The molecule has 1 aromatic rings. The van der Waals surface area contributed by atoms with Gasteiger partial charge in [0.05, 0.1) is 6.10 Å². The van der Waals surface area contributed by atoms with Crippen molar-refractivity contribution < 1.29 is 5.11 Å². The van der Waals surface area contributed by atoms with Gasteiger partial charge in [-0.05, 0) is 30.5 Å². The van der Waals surface area contributed by atoms with Crippen molar-refractivity contribution in [3.05, 3.63) is 33.3 Å². The van der Waals surface area contributed by atoms with Crippen LogP contribution in [0.4, 0.5) is 0 Å². The van der Waals surface area contributed by atoms with Crippen molar-refractivity contribution in [2.45, 2.75) is 25.0 Å². The first-order chi connectivity index (χ1) is 6.59. The van der Waals surface area contributed by atoms with Crippen molar-refractivity contribution in [2.75, 3.05) is 0 Å². The van der Waals surface area contributed by atoms with Gasteiger partial charge in [-0.3, -0.25) is 0 Å². The molecule has 0 radical (unpaired) electrons. The van der Waals surface area contributed by atoms with E-state index < -0.39 is 6.10 Å². The first-order valence-electron chi connectivity index (χ1n) is 4.51. The maximum Gasteiger partial charge on any atom is 0.0958 e. The van der Waals surface area contributed by atoms with Crippen molar-refractivity contribution in [1.29, 1.82) is 0 Å². The van der Waals surface area contributed by atoms with E-state index in [1.165, 1.54) is 0 Å². The number of rotatable bonds is 0. The van der Waals surface area contributed by atoms with Crippen LogP contribution in [-0.4, -0.2) is 11.1 Å². The first-order valence-corrected chi connectivity index (χ1v) is 5.26. The number of hydrogen-bond acceptors (Lipinski definition) is 2. The van der Waals surface area contributed by atoms with E-state index in [1.54, 1.807) is 6.07 Å². The van der Waals surface area contributed by atoms with E-state index in [-0.39, 0.29) is 18.4 Å². The van der Waals surface area contributed by atoms with Crippen LogP contribution in [-0.2, 0) is 6.42 Å². The van der Waals surface area contributed by atoms with Gasteiger partial charge in [0.25, 0.3) is 0 Å². The second kappa shape index (κ2) is 4.89. The van der Waals surface area contributed by atoms with E-state index in [9.17, 15) is 5.11 Å². The highest BCUT2D eigenvalue weighted by molar-refractivity contribution is 6.35. The van der Waals surface area contributed by atoms with Crippen molar-refractivity contribution >= 4 is 35.6 Å². The van der Waals surface area contributed by atoms with Crippen LogP contribution in [0.3, 0.4) is 0 Å². The van der Waals surface area contributed by atoms with Gasteiger partial charge in [0.2, 0.25) is 0 Å². The van der Waals surface area contributed by atoms with Crippen LogP contribution in [0.25, 0.3) is 0 Å². The fraction of sp³-hybridized carbons (Fsp3) is 0.400. The van der Waals surface area contributed by atoms with Crippen LogP contribution < -0.4 is 5.73 Å². The van der Waals surface area contributed by atoms with Gasteiger partial charge in [-0.2, -0.15) is 0 Å². The lowest BCUT2D eigenvalue weighted by Gasteiger charge is -2.28. The van der Waals surface area contributed by atoms with Gasteiger partial charge in [-0.15, -0.1) is 12.4 Å². The second-order valence-corrected chi connectivity index (χ2v) is 4.45. The zero-order valence-corrected chi connectivity index (χ0v) is 10.2. The van der Waals surface area contributed by atoms with Crippen molar-refractivity contribution in [1.82, 2.24) is 0 Å². The van der Waals surface area contributed by atoms with E-state index in [4.69, 9.17) is 28.9 Å². The predicted molar refractivity (Wildman–Crippen MR) is 65.0 cm³/mol. The number of aliphatic hydroxyl groups is 1. The smallest absolute Gasteiger partial charge is 0.0958 e. The molecule has 2 atom stereocenters. The lowest BCUT2D eigenvalue weighted by molar-refractivity contribution is 0.134. The molecule has 1 aliphatic carbocycles. The highest BCUT2D eigenvalue weighted by Crippen LogP contribution is 2.36. The standard InChI is InChI=1S/C10H11Cl2NO.ClH/c11-6-3-5-1-2-8(13)10(14)9(5)7(12)4-6;/h3-4,8,10,14H,1-2,13H2;1H. The number of hydrogen-bond donors (Lipinski definition) is 2. The molecule has 5 heteroatoms. The van der Waals surface area contributed by atoms with Crippen LogP contribution in [0.2, 0.25) is 10.0 Å². The molecule has 0 saturated heterocycles.